The van der Waals surface area contributed by atoms with Gasteiger partial charge in [-0.25, -0.2) is 0 Å². The van der Waals surface area contributed by atoms with E-state index in [4.69, 9.17) is 0 Å². The molecule has 4 heteroatoms. The van der Waals surface area contributed by atoms with Gasteiger partial charge in [0.15, 0.2) is 0 Å². The molecule has 1 N–H and O–H groups in total. The van der Waals surface area contributed by atoms with Crippen molar-refractivity contribution in [1.29, 1.82) is 0 Å². The van der Waals surface area contributed by atoms with Crippen molar-refractivity contribution in [2.24, 2.45) is 0 Å². The minimum absolute atomic E-state index is 0.471. The molecule has 0 fully saturated rings. The number of aliphatic hydroxyl groups is 1. The highest BCUT2D eigenvalue weighted by atomic mass is 19.4. The van der Waals surface area contributed by atoms with Gasteiger partial charge in [0.25, 0.3) is 0 Å². The van der Waals surface area contributed by atoms with E-state index in [2.05, 4.69) is 0 Å². The number of rotatable bonds is 1. The van der Waals surface area contributed by atoms with Crippen LogP contribution in [-0.2, 0) is 11.8 Å². The van der Waals surface area contributed by atoms with E-state index in [0.717, 1.165) is 25.0 Å². The van der Waals surface area contributed by atoms with Crippen LogP contribution in [0.1, 0.15) is 36.0 Å². The lowest BCUT2D eigenvalue weighted by Crippen LogP contribution is -2.26. The van der Waals surface area contributed by atoms with Crippen LogP contribution in [-0.4, -0.2) is 5.11 Å². The monoisotopic (exact) mass is 256 g/mol. The maximum absolute atomic E-state index is 12.6. The third kappa shape index (κ3) is 2.43. The Bertz CT molecular complexity index is 476. The Morgan fingerprint density at radius 3 is 2.50 bits per heavy atom. The first-order valence-corrected chi connectivity index (χ1v) is 5.91. The van der Waals surface area contributed by atoms with Crippen LogP contribution < -0.4 is 0 Å². The van der Waals surface area contributed by atoms with Crippen molar-refractivity contribution >= 4 is 0 Å². The Kier molecular flexibility index (Phi) is 3.23. The van der Waals surface area contributed by atoms with E-state index in [1.165, 1.54) is 6.07 Å². The second-order valence-corrected chi connectivity index (χ2v) is 4.75. The molecule has 0 amide bonds. The molecule has 1 aromatic rings. The fourth-order valence-corrected chi connectivity index (χ4v) is 2.40. The molecule has 1 aromatic carbocycles. The van der Waals surface area contributed by atoms with E-state index in [0.29, 0.717) is 17.5 Å². The number of hydrogen-bond donors (Lipinski definition) is 1. The molecule has 1 aliphatic rings. The lowest BCUT2D eigenvalue weighted by molar-refractivity contribution is -0.137. The van der Waals surface area contributed by atoms with Gasteiger partial charge in [0.2, 0.25) is 0 Å². The minimum Gasteiger partial charge on any atom is -0.381 e. The summed E-state index contributed by atoms with van der Waals surface area (Å²) in [6.07, 6.45) is 1.52. The first-order chi connectivity index (χ1) is 8.33. The van der Waals surface area contributed by atoms with Gasteiger partial charge in [-0.05, 0) is 49.4 Å². The number of benzene rings is 1. The maximum Gasteiger partial charge on any atom is 0.416 e. The molecule has 0 radical (unpaired) electrons. The zero-order chi connectivity index (χ0) is 13.4. The maximum atomic E-state index is 12.6. The number of alkyl halides is 3. The number of allylic oxidation sites excluding steroid dienone is 1. The molecule has 0 saturated carbocycles. The van der Waals surface area contributed by atoms with Crippen molar-refractivity contribution in [2.45, 2.75) is 38.0 Å². The van der Waals surface area contributed by atoms with Crippen LogP contribution in [0.15, 0.2) is 30.4 Å². The Morgan fingerprint density at radius 2 is 2.00 bits per heavy atom. The number of aryl methyl sites for hydroxylation is 1. The Morgan fingerprint density at radius 1 is 1.28 bits per heavy atom. The van der Waals surface area contributed by atoms with Gasteiger partial charge in [-0.3, -0.25) is 0 Å². The lowest BCUT2D eigenvalue weighted by atomic mass is 9.82. The average molecular weight is 256 g/mol. The molecule has 0 spiro atoms. The van der Waals surface area contributed by atoms with E-state index in [-0.39, 0.29) is 0 Å². The van der Waals surface area contributed by atoms with Crippen molar-refractivity contribution in [2.75, 3.05) is 0 Å². The Hall–Kier alpha value is -1.29. The molecular weight excluding hydrogens is 241 g/mol. The van der Waals surface area contributed by atoms with Gasteiger partial charge in [-0.15, -0.1) is 0 Å². The van der Waals surface area contributed by atoms with E-state index in [9.17, 15) is 18.3 Å². The molecule has 2 rings (SSSR count). The van der Waals surface area contributed by atoms with E-state index in [1.807, 2.05) is 6.08 Å². The summed E-state index contributed by atoms with van der Waals surface area (Å²) in [7, 11) is 0. The molecule has 0 bridgehead atoms. The first kappa shape index (κ1) is 13.1. The lowest BCUT2D eigenvalue weighted by Gasteiger charge is -2.29. The van der Waals surface area contributed by atoms with E-state index >= 15 is 0 Å². The smallest absolute Gasteiger partial charge is 0.381 e. The standard InChI is InChI=1S/C14H15F3O/c1-10-9-11(14(15,16)17)5-6-12(10)13(18)7-3-2-4-8-13/h3,5-7,9,18H,2,4,8H2,1H3. The normalized spacial score (nSPS) is 24.3. The quantitative estimate of drug-likeness (QED) is 0.754. The van der Waals surface area contributed by atoms with Gasteiger partial charge in [0.1, 0.15) is 5.60 Å². The fraction of sp³-hybridized carbons (Fsp3) is 0.429. The van der Waals surface area contributed by atoms with E-state index in [1.54, 1.807) is 13.0 Å². The molecule has 1 atom stereocenters. The van der Waals surface area contributed by atoms with Crippen molar-refractivity contribution in [1.82, 2.24) is 0 Å². The molecule has 0 heterocycles. The summed E-state index contributed by atoms with van der Waals surface area (Å²) >= 11 is 0. The third-order valence-corrected chi connectivity index (χ3v) is 3.34. The highest BCUT2D eigenvalue weighted by Crippen LogP contribution is 2.37. The molecule has 1 unspecified atom stereocenters. The first-order valence-electron chi connectivity index (χ1n) is 5.91. The summed E-state index contributed by atoms with van der Waals surface area (Å²) in [6, 6.07) is 3.51. The predicted molar refractivity (Wildman–Crippen MR) is 63.1 cm³/mol. The van der Waals surface area contributed by atoms with Gasteiger partial charge < -0.3 is 5.11 Å². The molecule has 18 heavy (non-hydrogen) atoms. The van der Waals surface area contributed by atoms with Crippen LogP contribution in [0.5, 0.6) is 0 Å². The predicted octanol–water partition coefficient (Wildman–Crippen LogP) is 3.94. The highest BCUT2D eigenvalue weighted by Gasteiger charge is 2.33. The zero-order valence-corrected chi connectivity index (χ0v) is 10.1. The van der Waals surface area contributed by atoms with Gasteiger partial charge in [-0.1, -0.05) is 18.2 Å². The summed E-state index contributed by atoms with van der Waals surface area (Å²) in [5.74, 6) is 0. The van der Waals surface area contributed by atoms with Crippen LogP contribution in [0, 0.1) is 6.92 Å². The van der Waals surface area contributed by atoms with Crippen molar-refractivity contribution in [3.05, 3.63) is 47.0 Å². The van der Waals surface area contributed by atoms with Gasteiger partial charge in [0.05, 0.1) is 5.56 Å². The molecular formula is C14H15F3O. The number of halogens is 3. The van der Waals surface area contributed by atoms with Gasteiger partial charge >= 0.3 is 6.18 Å². The second kappa shape index (κ2) is 4.43. The van der Waals surface area contributed by atoms with Crippen molar-refractivity contribution < 1.29 is 18.3 Å². The largest absolute Gasteiger partial charge is 0.416 e. The fourth-order valence-electron chi connectivity index (χ4n) is 2.40. The summed E-state index contributed by atoms with van der Waals surface area (Å²) in [6.45, 7) is 1.60. The van der Waals surface area contributed by atoms with E-state index < -0.39 is 17.3 Å². The van der Waals surface area contributed by atoms with Crippen LogP contribution in [0.4, 0.5) is 13.2 Å². The summed E-state index contributed by atoms with van der Waals surface area (Å²) in [5, 5.41) is 10.4. The van der Waals surface area contributed by atoms with Gasteiger partial charge in [0, 0.05) is 0 Å². The minimum atomic E-state index is -4.34. The molecule has 0 aromatic heterocycles. The summed E-state index contributed by atoms with van der Waals surface area (Å²) in [4.78, 5) is 0. The van der Waals surface area contributed by atoms with Crippen molar-refractivity contribution in [3.8, 4) is 0 Å². The van der Waals surface area contributed by atoms with Crippen LogP contribution in [0.2, 0.25) is 0 Å². The topological polar surface area (TPSA) is 20.2 Å². The molecule has 1 nitrogen and oxygen atoms in total. The van der Waals surface area contributed by atoms with Gasteiger partial charge in [-0.2, -0.15) is 13.2 Å². The Balaban J connectivity index is 2.42. The zero-order valence-electron chi connectivity index (χ0n) is 10.1. The molecule has 98 valence electrons. The van der Waals surface area contributed by atoms with Crippen LogP contribution in [0.3, 0.4) is 0 Å². The second-order valence-electron chi connectivity index (χ2n) is 4.75. The van der Waals surface area contributed by atoms with Crippen LogP contribution in [0.25, 0.3) is 0 Å². The summed E-state index contributed by atoms with van der Waals surface area (Å²) in [5.41, 5.74) is -0.760. The molecule has 1 aliphatic carbocycles. The van der Waals surface area contributed by atoms with Crippen molar-refractivity contribution in [3.63, 3.8) is 0 Å². The third-order valence-electron chi connectivity index (χ3n) is 3.34. The molecule has 0 saturated heterocycles. The van der Waals surface area contributed by atoms with Crippen LogP contribution >= 0.6 is 0 Å². The summed E-state index contributed by atoms with van der Waals surface area (Å²) < 4.78 is 37.7. The Labute approximate surface area is 104 Å². The number of hydrogen-bond acceptors (Lipinski definition) is 1. The SMILES string of the molecule is Cc1cc(C(F)(F)F)ccc1C1(O)C=CCCC1. The highest BCUT2D eigenvalue weighted by molar-refractivity contribution is 5.39. The molecule has 0 aliphatic heterocycles. The average Bonchev–Trinajstić information content (AvgIpc) is 2.28.